The summed E-state index contributed by atoms with van der Waals surface area (Å²) in [6.45, 7) is 3.34. The number of hydrogen-bond acceptors (Lipinski definition) is 7. The SMILES string of the molecule is Cc1ccc(C(=O)Nc2nc(=O)n([C@@H]3O[C@H](C)C(O)C3O)cc2F)s1. The number of carbonyl (C=O) groups excluding carboxylic acids is 1. The molecule has 1 aliphatic rings. The third-order valence-corrected chi connectivity index (χ3v) is 4.85. The molecule has 10 heteroatoms. The highest BCUT2D eigenvalue weighted by molar-refractivity contribution is 7.14. The largest absolute Gasteiger partial charge is 0.388 e. The van der Waals surface area contributed by atoms with E-state index in [1.807, 2.05) is 6.92 Å². The summed E-state index contributed by atoms with van der Waals surface area (Å²) >= 11 is 1.22. The van der Waals surface area contributed by atoms with E-state index in [1.54, 1.807) is 12.1 Å². The number of aliphatic hydroxyl groups is 2. The van der Waals surface area contributed by atoms with Crippen LogP contribution in [0.2, 0.25) is 0 Å². The maximum Gasteiger partial charge on any atom is 0.351 e. The van der Waals surface area contributed by atoms with Gasteiger partial charge >= 0.3 is 5.69 Å². The van der Waals surface area contributed by atoms with Gasteiger partial charge in [-0.2, -0.15) is 4.98 Å². The average molecular weight is 369 g/mol. The van der Waals surface area contributed by atoms with Crippen LogP contribution in [-0.2, 0) is 4.74 Å². The van der Waals surface area contributed by atoms with Crippen molar-refractivity contribution >= 4 is 23.1 Å². The van der Waals surface area contributed by atoms with Gasteiger partial charge in [-0.15, -0.1) is 11.3 Å². The van der Waals surface area contributed by atoms with Crippen molar-refractivity contribution in [2.75, 3.05) is 5.32 Å². The standard InChI is InChI=1S/C15H16FN3O5S/c1-6-3-4-9(25-6)13(22)17-12-8(16)5-19(15(23)18-12)14-11(21)10(20)7(2)24-14/h3-5,7,10-11,14,20-21H,1-2H3,(H,17,18,22,23)/t7-,10?,11?,14-/m1/s1. The summed E-state index contributed by atoms with van der Waals surface area (Å²) < 4.78 is 20.3. The summed E-state index contributed by atoms with van der Waals surface area (Å²) in [7, 11) is 0. The number of rotatable bonds is 3. The van der Waals surface area contributed by atoms with Crippen molar-refractivity contribution in [3.05, 3.63) is 44.4 Å². The number of aromatic nitrogens is 2. The highest BCUT2D eigenvalue weighted by atomic mass is 32.1. The molecule has 0 spiro atoms. The Labute approximate surface area is 145 Å². The lowest BCUT2D eigenvalue weighted by Crippen LogP contribution is -2.36. The summed E-state index contributed by atoms with van der Waals surface area (Å²) in [6.07, 6.45) is -3.81. The number of aryl methyl sites for hydroxylation is 1. The fourth-order valence-corrected chi connectivity index (χ4v) is 3.26. The van der Waals surface area contributed by atoms with Crippen molar-refractivity contribution in [2.45, 2.75) is 38.4 Å². The van der Waals surface area contributed by atoms with Crippen LogP contribution < -0.4 is 11.0 Å². The molecule has 3 heterocycles. The van der Waals surface area contributed by atoms with Crippen molar-refractivity contribution in [3.8, 4) is 0 Å². The molecule has 8 nitrogen and oxygen atoms in total. The minimum Gasteiger partial charge on any atom is -0.388 e. The molecule has 0 aromatic carbocycles. The van der Waals surface area contributed by atoms with E-state index in [1.165, 1.54) is 18.3 Å². The number of aliphatic hydroxyl groups excluding tert-OH is 2. The predicted molar refractivity (Wildman–Crippen MR) is 87.1 cm³/mol. The van der Waals surface area contributed by atoms with Gasteiger partial charge in [-0.25, -0.2) is 9.18 Å². The van der Waals surface area contributed by atoms with Crippen molar-refractivity contribution < 1.29 is 24.1 Å². The van der Waals surface area contributed by atoms with Crippen molar-refractivity contribution in [3.63, 3.8) is 0 Å². The smallest absolute Gasteiger partial charge is 0.351 e. The van der Waals surface area contributed by atoms with Crippen molar-refractivity contribution in [1.29, 1.82) is 0 Å². The number of thiophene rings is 1. The van der Waals surface area contributed by atoms with Gasteiger partial charge in [0.1, 0.15) is 12.2 Å². The molecule has 1 amide bonds. The Kier molecular flexibility index (Phi) is 4.69. The zero-order valence-corrected chi connectivity index (χ0v) is 14.2. The van der Waals surface area contributed by atoms with E-state index in [2.05, 4.69) is 10.3 Å². The first-order valence-corrected chi connectivity index (χ1v) is 8.27. The summed E-state index contributed by atoms with van der Waals surface area (Å²) in [5.74, 6) is -2.06. The monoisotopic (exact) mass is 369 g/mol. The van der Waals surface area contributed by atoms with Crippen LogP contribution in [0.1, 0.15) is 27.7 Å². The number of nitrogens with one attached hydrogen (secondary N) is 1. The Morgan fingerprint density at radius 1 is 1.40 bits per heavy atom. The van der Waals surface area contributed by atoms with Gasteiger partial charge in [0.15, 0.2) is 17.9 Å². The van der Waals surface area contributed by atoms with Gasteiger partial charge in [0, 0.05) is 4.88 Å². The minimum absolute atomic E-state index is 0.356. The number of carbonyl (C=O) groups is 1. The maximum absolute atomic E-state index is 14.3. The first-order valence-electron chi connectivity index (χ1n) is 7.46. The lowest BCUT2D eigenvalue weighted by atomic mass is 10.1. The van der Waals surface area contributed by atoms with Crippen LogP contribution >= 0.6 is 11.3 Å². The first kappa shape index (κ1) is 17.7. The van der Waals surface area contributed by atoms with E-state index in [9.17, 15) is 24.2 Å². The van der Waals surface area contributed by atoms with Gasteiger partial charge in [-0.05, 0) is 26.0 Å². The van der Waals surface area contributed by atoms with Gasteiger partial charge in [0.05, 0.1) is 17.2 Å². The molecular weight excluding hydrogens is 353 g/mol. The molecule has 0 radical (unpaired) electrons. The zero-order valence-electron chi connectivity index (χ0n) is 13.3. The van der Waals surface area contributed by atoms with Crippen LogP contribution in [0.25, 0.3) is 0 Å². The number of amides is 1. The maximum atomic E-state index is 14.3. The van der Waals surface area contributed by atoms with Gasteiger partial charge in [0.2, 0.25) is 0 Å². The summed E-state index contributed by atoms with van der Waals surface area (Å²) in [6, 6.07) is 3.33. The molecule has 25 heavy (non-hydrogen) atoms. The Bertz CT molecular complexity index is 867. The minimum atomic E-state index is -1.40. The number of ether oxygens (including phenoxy) is 1. The van der Waals surface area contributed by atoms with Crippen LogP contribution in [0.3, 0.4) is 0 Å². The lowest BCUT2D eigenvalue weighted by molar-refractivity contribution is -0.0355. The Hall–Kier alpha value is -2.14. The third-order valence-electron chi connectivity index (χ3n) is 3.85. The van der Waals surface area contributed by atoms with Crippen molar-refractivity contribution in [2.24, 2.45) is 0 Å². The van der Waals surface area contributed by atoms with Crippen molar-refractivity contribution in [1.82, 2.24) is 9.55 Å². The predicted octanol–water partition coefficient (Wildman–Crippen LogP) is 0.644. The summed E-state index contributed by atoms with van der Waals surface area (Å²) in [4.78, 5) is 29.0. The fraction of sp³-hybridized carbons (Fsp3) is 0.400. The quantitative estimate of drug-likeness (QED) is 0.732. The molecular formula is C15H16FN3O5S. The first-order chi connectivity index (χ1) is 11.8. The topological polar surface area (TPSA) is 114 Å². The van der Waals surface area contributed by atoms with Gasteiger partial charge in [-0.3, -0.25) is 9.36 Å². The molecule has 2 aromatic heterocycles. The van der Waals surface area contributed by atoms with Gasteiger partial charge < -0.3 is 20.3 Å². The Balaban J connectivity index is 1.86. The molecule has 1 aliphatic heterocycles. The second kappa shape index (κ2) is 6.64. The van der Waals surface area contributed by atoms with Gasteiger partial charge in [-0.1, -0.05) is 0 Å². The molecule has 4 atom stereocenters. The van der Waals surface area contributed by atoms with E-state index in [0.29, 0.717) is 4.88 Å². The molecule has 2 aromatic rings. The molecule has 0 aliphatic carbocycles. The molecule has 1 saturated heterocycles. The second-order valence-corrected chi connectivity index (χ2v) is 6.99. The molecule has 3 rings (SSSR count). The van der Waals surface area contributed by atoms with Crippen LogP contribution in [-0.4, -0.2) is 44.0 Å². The van der Waals surface area contributed by atoms with E-state index >= 15 is 0 Å². The van der Waals surface area contributed by atoms with E-state index in [0.717, 1.165) is 15.6 Å². The van der Waals surface area contributed by atoms with Crippen LogP contribution in [0.15, 0.2) is 23.1 Å². The Morgan fingerprint density at radius 2 is 2.12 bits per heavy atom. The number of anilines is 1. The third kappa shape index (κ3) is 3.33. The molecule has 3 N–H and O–H groups in total. The average Bonchev–Trinajstić information content (AvgIpc) is 3.10. The molecule has 0 saturated carbocycles. The normalized spacial score (nSPS) is 26.0. The van der Waals surface area contributed by atoms with E-state index < -0.39 is 47.8 Å². The second-order valence-electron chi connectivity index (χ2n) is 5.70. The Morgan fingerprint density at radius 3 is 2.68 bits per heavy atom. The lowest BCUT2D eigenvalue weighted by Gasteiger charge is -2.17. The van der Waals surface area contributed by atoms with Crippen LogP contribution in [0, 0.1) is 12.7 Å². The van der Waals surface area contributed by atoms with Gasteiger partial charge in [0.25, 0.3) is 5.91 Å². The number of hydrogen-bond donors (Lipinski definition) is 3. The van der Waals surface area contributed by atoms with Crippen LogP contribution in [0.5, 0.6) is 0 Å². The van der Waals surface area contributed by atoms with E-state index in [4.69, 9.17) is 4.74 Å². The highest BCUT2D eigenvalue weighted by Crippen LogP contribution is 2.28. The molecule has 134 valence electrons. The summed E-state index contributed by atoms with van der Waals surface area (Å²) in [5, 5.41) is 21.9. The molecule has 1 fully saturated rings. The number of halogens is 1. The zero-order chi connectivity index (χ0) is 18.3. The molecule has 2 unspecified atom stereocenters. The highest BCUT2D eigenvalue weighted by Gasteiger charge is 2.42. The summed E-state index contributed by atoms with van der Waals surface area (Å²) in [5.41, 5.74) is -0.926. The number of nitrogens with zero attached hydrogens (tertiary/aromatic N) is 2. The molecule has 0 bridgehead atoms. The van der Waals surface area contributed by atoms with Crippen LogP contribution in [0.4, 0.5) is 10.2 Å². The van der Waals surface area contributed by atoms with E-state index in [-0.39, 0.29) is 0 Å². The fourth-order valence-electron chi connectivity index (χ4n) is 2.50.